The molecule has 0 saturated heterocycles. The van der Waals surface area contributed by atoms with E-state index in [1.54, 1.807) is 18.2 Å². The monoisotopic (exact) mass is 305 g/mol. The highest BCUT2D eigenvalue weighted by Gasteiger charge is 2.09. The van der Waals surface area contributed by atoms with E-state index in [9.17, 15) is 9.59 Å². The summed E-state index contributed by atoms with van der Waals surface area (Å²) in [6.07, 6.45) is 1.53. The lowest BCUT2D eigenvalue weighted by molar-refractivity contribution is -0.117. The molecule has 0 radical (unpaired) electrons. The molecule has 0 saturated carbocycles. The number of nitrogens with zero attached hydrogens (tertiary/aromatic N) is 1. The average molecular weight is 305 g/mol. The number of amides is 3. The van der Waals surface area contributed by atoms with Crippen molar-refractivity contribution in [1.82, 2.24) is 20.6 Å². The van der Waals surface area contributed by atoms with Crippen molar-refractivity contribution in [3.63, 3.8) is 0 Å². The van der Waals surface area contributed by atoms with Crippen molar-refractivity contribution in [1.29, 1.82) is 0 Å². The summed E-state index contributed by atoms with van der Waals surface area (Å²) in [6, 6.07) is 4.79. The molecule has 0 atom stereocenters. The number of aromatic amines is 1. The molecule has 3 amide bonds. The minimum Gasteiger partial charge on any atom is -0.399 e. The molecule has 0 fully saturated rings. The summed E-state index contributed by atoms with van der Waals surface area (Å²) in [4.78, 5) is 30.2. The molecular formula is C13H15N5O2S. The Morgan fingerprint density at radius 3 is 3.05 bits per heavy atom. The molecule has 110 valence electrons. The molecule has 1 heterocycles. The van der Waals surface area contributed by atoms with E-state index in [2.05, 4.69) is 27.2 Å². The molecule has 2 aromatic rings. The maximum Gasteiger partial charge on any atom is 0.321 e. The number of imidazole rings is 1. The largest absolute Gasteiger partial charge is 0.399 e. The zero-order valence-electron chi connectivity index (χ0n) is 11.2. The van der Waals surface area contributed by atoms with E-state index >= 15 is 0 Å². The quantitative estimate of drug-likeness (QED) is 0.377. The van der Waals surface area contributed by atoms with Crippen LogP contribution < -0.4 is 16.4 Å². The number of benzene rings is 1. The number of aromatic nitrogens is 2. The smallest absolute Gasteiger partial charge is 0.321 e. The van der Waals surface area contributed by atoms with E-state index in [1.807, 2.05) is 0 Å². The van der Waals surface area contributed by atoms with Gasteiger partial charge in [0.1, 0.15) is 0 Å². The number of carbonyl (C=O) groups is 2. The Morgan fingerprint density at radius 1 is 1.48 bits per heavy atom. The molecule has 1 aromatic carbocycles. The molecule has 5 N–H and O–H groups in total. The van der Waals surface area contributed by atoms with Gasteiger partial charge in [0.05, 0.1) is 16.8 Å². The molecule has 0 spiro atoms. The zero-order chi connectivity index (χ0) is 15.2. The van der Waals surface area contributed by atoms with Crippen LogP contribution >= 0.6 is 11.8 Å². The molecular weight excluding hydrogens is 290 g/mol. The van der Waals surface area contributed by atoms with Gasteiger partial charge >= 0.3 is 6.03 Å². The third-order valence-corrected chi connectivity index (χ3v) is 3.36. The van der Waals surface area contributed by atoms with Crippen LogP contribution in [0.5, 0.6) is 0 Å². The third kappa shape index (κ3) is 4.25. The van der Waals surface area contributed by atoms with Crippen molar-refractivity contribution in [3.05, 3.63) is 30.9 Å². The van der Waals surface area contributed by atoms with Gasteiger partial charge in [-0.25, -0.2) is 9.78 Å². The second kappa shape index (κ2) is 6.80. The van der Waals surface area contributed by atoms with Gasteiger partial charge in [0.2, 0.25) is 5.91 Å². The summed E-state index contributed by atoms with van der Waals surface area (Å²) in [5, 5.41) is 5.26. The molecule has 1 aromatic heterocycles. The normalized spacial score (nSPS) is 10.3. The number of anilines is 1. The number of thioether (sulfide) groups is 1. The van der Waals surface area contributed by atoms with E-state index in [4.69, 9.17) is 5.73 Å². The Kier molecular flexibility index (Phi) is 4.83. The summed E-state index contributed by atoms with van der Waals surface area (Å²) in [5.74, 6) is -0.321. The van der Waals surface area contributed by atoms with Gasteiger partial charge in [0, 0.05) is 12.2 Å². The minimum absolute atomic E-state index is 0.0802. The number of hydrogen-bond donors (Lipinski definition) is 4. The van der Waals surface area contributed by atoms with Gasteiger partial charge in [0.15, 0.2) is 5.16 Å². The lowest BCUT2D eigenvalue weighted by Crippen LogP contribution is -2.40. The van der Waals surface area contributed by atoms with Crippen molar-refractivity contribution in [2.45, 2.75) is 5.16 Å². The predicted molar refractivity (Wildman–Crippen MR) is 83.0 cm³/mol. The molecule has 0 aliphatic rings. The molecule has 0 unspecified atom stereocenters. The first kappa shape index (κ1) is 14.9. The second-order valence-corrected chi connectivity index (χ2v) is 5.12. The summed E-state index contributed by atoms with van der Waals surface area (Å²) in [6.45, 7) is 3.76. The van der Waals surface area contributed by atoms with Crippen molar-refractivity contribution in [2.75, 3.05) is 18.0 Å². The average Bonchev–Trinajstić information content (AvgIpc) is 2.85. The van der Waals surface area contributed by atoms with Crippen LogP contribution in [-0.2, 0) is 4.79 Å². The Bertz CT molecular complexity index is 682. The van der Waals surface area contributed by atoms with E-state index in [-0.39, 0.29) is 5.75 Å². The number of urea groups is 1. The molecule has 8 heteroatoms. The van der Waals surface area contributed by atoms with Gasteiger partial charge in [-0.05, 0) is 18.2 Å². The van der Waals surface area contributed by atoms with Crippen LogP contribution in [0.15, 0.2) is 36.0 Å². The first-order chi connectivity index (χ1) is 10.1. The Hall–Kier alpha value is -2.48. The molecule has 7 nitrogen and oxygen atoms in total. The highest BCUT2D eigenvalue weighted by atomic mass is 32.2. The van der Waals surface area contributed by atoms with Crippen LogP contribution in [0, 0.1) is 0 Å². The number of imide groups is 1. The Morgan fingerprint density at radius 2 is 2.29 bits per heavy atom. The fraction of sp³-hybridized carbons (Fsp3) is 0.154. The number of nitrogen functional groups attached to an aromatic ring is 1. The number of H-pyrrole nitrogens is 1. The van der Waals surface area contributed by atoms with Gasteiger partial charge in [-0.2, -0.15) is 0 Å². The van der Waals surface area contributed by atoms with Gasteiger partial charge in [-0.3, -0.25) is 10.1 Å². The molecule has 0 bridgehead atoms. The van der Waals surface area contributed by atoms with Gasteiger partial charge in [-0.15, -0.1) is 6.58 Å². The van der Waals surface area contributed by atoms with Gasteiger partial charge in [0.25, 0.3) is 0 Å². The Labute approximate surface area is 125 Å². The molecule has 2 rings (SSSR count). The van der Waals surface area contributed by atoms with E-state index in [1.165, 1.54) is 17.8 Å². The lowest BCUT2D eigenvalue weighted by atomic mass is 10.3. The van der Waals surface area contributed by atoms with Gasteiger partial charge < -0.3 is 16.0 Å². The van der Waals surface area contributed by atoms with Crippen LogP contribution in [0.2, 0.25) is 0 Å². The topological polar surface area (TPSA) is 113 Å². The number of hydrogen-bond acceptors (Lipinski definition) is 5. The standard InChI is InChI=1S/C13H15N5O2S/c1-2-5-15-12(20)18-11(19)7-21-13-16-9-4-3-8(14)6-10(9)17-13/h2-4,6H,1,5,7,14H2,(H,16,17)(H2,15,18,19,20). The zero-order valence-corrected chi connectivity index (χ0v) is 12.0. The SMILES string of the molecule is C=CCNC(=O)NC(=O)CSc1nc2ccc(N)cc2[nH]1. The Balaban J connectivity index is 1.87. The number of fused-ring (bicyclic) bond motifs is 1. The lowest BCUT2D eigenvalue weighted by Gasteiger charge is -2.03. The second-order valence-electron chi connectivity index (χ2n) is 4.15. The fourth-order valence-electron chi connectivity index (χ4n) is 1.58. The summed E-state index contributed by atoms with van der Waals surface area (Å²) < 4.78 is 0. The van der Waals surface area contributed by atoms with E-state index < -0.39 is 11.9 Å². The molecule has 21 heavy (non-hydrogen) atoms. The molecule has 0 aliphatic heterocycles. The van der Waals surface area contributed by atoms with Crippen LogP contribution in [0.25, 0.3) is 11.0 Å². The highest BCUT2D eigenvalue weighted by molar-refractivity contribution is 7.99. The van der Waals surface area contributed by atoms with Gasteiger partial charge in [-0.1, -0.05) is 17.8 Å². The van der Waals surface area contributed by atoms with Crippen LogP contribution in [0.3, 0.4) is 0 Å². The summed E-state index contributed by atoms with van der Waals surface area (Å²) in [7, 11) is 0. The van der Waals surface area contributed by atoms with E-state index in [0.717, 1.165) is 11.0 Å². The van der Waals surface area contributed by atoms with Crippen molar-refractivity contribution in [3.8, 4) is 0 Å². The third-order valence-electron chi connectivity index (χ3n) is 2.48. The number of nitrogens with one attached hydrogen (secondary N) is 3. The first-order valence-corrected chi connectivity index (χ1v) is 7.13. The van der Waals surface area contributed by atoms with E-state index in [0.29, 0.717) is 17.4 Å². The highest BCUT2D eigenvalue weighted by Crippen LogP contribution is 2.20. The molecule has 0 aliphatic carbocycles. The summed E-state index contributed by atoms with van der Waals surface area (Å²) in [5.41, 5.74) is 7.90. The van der Waals surface area contributed by atoms with Crippen LogP contribution in [0.4, 0.5) is 10.5 Å². The maximum atomic E-state index is 11.6. The first-order valence-electron chi connectivity index (χ1n) is 6.15. The maximum absolute atomic E-state index is 11.6. The predicted octanol–water partition coefficient (Wildman–Crippen LogP) is 1.25. The van der Waals surface area contributed by atoms with Crippen molar-refractivity contribution < 1.29 is 9.59 Å². The summed E-state index contributed by atoms with van der Waals surface area (Å²) >= 11 is 1.21. The number of carbonyl (C=O) groups excluding carboxylic acids is 2. The van der Waals surface area contributed by atoms with Crippen LogP contribution in [0.1, 0.15) is 0 Å². The van der Waals surface area contributed by atoms with Crippen molar-refractivity contribution >= 4 is 40.4 Å². The fourth-order valence-corrected chi connectivity index (χ4v) is 2.26. The van der Waals surface area contributed by atoms with Crippen LogP contribution in [-0.4, -0.2) is 34.2 Å². The van der Waals surface area contributed by atoms with Crippen molar-refractivity contribution in [2.24, 2.45) is 0 Å². The minimum atomic E-state index is -0.544. The number of rotatable bonds is 5. The number of nitrogens with two attached hydrogens (primary N) is 1.